The summed E-state index contributed by atoms with van der Waals surface area (Å²) in [4.78, 5) is 52.0. The molecule has 0 atom stereocenters. The van der Waals surface area contributed by atoms with Crippen molar-refractivity contribution in [3.05, 3.63) is 24.3 Å². The molecule has 0 radical (unpaired) electrons. The van der Waals surface area contributed by atoms with Gasteiger partial charge >= 0.3 is 29.8 Å². The van der Waals surface area contributed by atoms with E-state index in [2.05, 4.69) is 4.74 Å². The number of aliphatic carboxylic acids is 4. The SMILES string of the molecule is CC=CC(C(=O)O)(C(=O)O)C(=O)O.CCCCOC(=O)/C=C/C(=O)O. The minimum atomic E-state index is -2.88. The Morgan fingerprint density at radius 3 is 1.68 bits per heavy atom. The van der Waals surface area contributed by atoms with E-state index < -0.39 is 35.3 Å². The van der Waals surface area contributed by atoms with E-state index in [1.165, 1.54) is 6.92 Å². The lowest BCUT2D eigenvalue weighted by Crippen LogP contribution is -2.44. The first-order valence-corrected chi connectivity index (χ1v) is 6.97. The average Bonchev–Trinajstić information content (AvgIpc) is 2.50. The van der Waals surface area contributed by atoms with Crippen molar-refractivity contribution in [1.29, 1.82) is 0 Å². The molecule has 0 unspecified atom stereocenters. The number of hydrogen-bond donors (Lipinski definition) is 4. The van der Waals surface area contributed by atoms with Crippen LogP contribution in [-0.4, -0.2) is 56.9 Å². The molecule has 10 heteroatoms. The molecule has 25 heavy (non-hydrogen) atoms. The van der Waals surface area contributed by atoms with Gasteiger partial charge in [0.25, 0.3) is 5.41 Å². The van der Waals surface area contributed by atoms with Crippen molar-refractivity contribution >= 4 is 29.8 Å². The van der Waals surface area contributed by atoms with Crippen LogP contribution in [0.1, 0.15) is 26.7 Å². The number of unbranched alkanes of at least 4 members (excludes halogenated alkanes) is 1. The van der Waals surface area contributed by atoms with Crippen LogP contribution in [0.25, 0.3) is 0 Å². The highest BCUT2D eigenvalue weighted by Gasteiger charge is 2.52. The van der Waals surface area contributed by atoms with Crippen LogP contribution in [0.15, 0.2) is 24.3 Å². The molecule has 10 nitrogen and oxygen atoms in total. The molecule has 0 saturated carbocycles. The molecule has 4 N–H and O–H groups in total. The number of hydrogen-bond acceptors (Lipinski definition) is 6. The minimum Gasteiger partial charge on any atom is -0.480 e. The second-order valence-corrected chi connectivity index (χ2v) is 4.42. The zero-order valence-electron chi connectivity index (χ0n) is 13.7. The molecule has 0 amide bonds. The van der Waals surface area contributed by atoms with Gasteiger partial charge < -0.3 is 25.2 Å². The van der Waals surface area contributed by atoms with Crippen molar-refractivity contribution < 1.29 is 49.1 Å². The first kappa shape index (κ1) is 24.1. The van der Waals surface area contributed by atoms with Gasteiger partial charge in [-0.2, -0.15) is 0 Å². The third kappa shape index (κ3) is 8.89. The van der Waals surface area contributed by atoms with E-state index in [-0.39, 0.29) is 0 Å². The van der Waals surface area contributed by atoms with E-state index in [0.717, 1.165) is 31.1 Å². The van der Waals surface area contributed by atoms with Gasteiger partial charge in [-0.25, -0.2) is 9.59 Å². The third-order valence-corrected chi connectivity index (χ3v) is 2.53. The number of carbonyl (C=O) groups excluding carboxylic acids is 1. The molecular weight excluding hydrogens is 340 g/mol. The van der Waals surface area contributed by atoms with Crippen LogP contribution in [0.2, 0.25) is 0 Å². The van der Waals surface area contributed by atoms with Crippen LogP contribution in [0.4, 0.5) is 0 Å². The quantitative estimate of drug-likeness (QED) is 0.151. The predicted octanol–water partition coefficient (Wildman–Crippen LogP) is 0.773. The van der Waals surface area contributed by atoms with E-state index in [9.17, 15) is 24.0 Å². The highest BCUT2D eigenvalue weighted by molar-refractivity contribution is 6.18. The summed E-state index contributed by atoms with van der Waals surface area (Å²) in [5.41, 5.74) is -2.88. The maximum Gasteiger partial charge on any atom is 0.336 e. The maximum absolute atomic E-state index is 10.6. The van der Waals surface area contributed by atoms with E-state index >= 15 is 0 Å². The van der Waals surface area contributed by atoms with Crippen LogP contribution in [-0.2, 0) is 28.7 Å². The third-order valence-electron chi connectivity index (χ3n) is 2.53. The Balaban J connectivity index is 0. The fourth-order valence-electron chi connectivity index (χ4n) is 1.24. The highest BCUT2D eigenvalue weighted by Crippen LogP contribution is 2.20. The lowest BCUT2D eigenvalue weighted by molar-refractivity contribution is -0.171. The lowest BCUT2D eigenvalue weighted by atomic mass is 9.88. The first-order chi connectivity index (χ1) is 11.6. The largest absolute Gasteiger partial charge is 0.480 e. The molecule has 0 aromatic rings. The summed E-state index contributed by atoms with van der Waals surface area (Å²) in [5, 5.41) is 33.6. The zero-order valence-corrected chi connectivity index (χ0v) is 13.7. The van der Waals surface area contributed by atoms with Gasteiger partial charge in [-0.1, -0.05) is 19.4 Å². The predicted molar refractivity (Wildman–Crippen MR) is 82.8 cm³/mol. The van der Waals surface area contributed by atoms with Gasteiger partial charge in [0.2, 0.25) is 0 Å². The van der Waals surface area contributed by atoms with Gasteiger partial charge in [0.1, 0.15) is 0 Å². The van der Waals surface area contributed by atoms with Gasteiger partial charge in [-0.3, -0.25) is 14.4 Å². The lowest BCUT2D eigenvalue weighted by Gasteiger charge is -2.14. The number of rotatable bonds is 9. The van der Waals surface area contributed by atoms with Crippen LogP contribution in [0.3, 0.4) is 0 Å². The molecule has 0 saturated heterocycles. The van der Waals surface area contributed by atoms with E-state index in [1.54, 1.807) is 0 Å². The van der Waals surface area contributed by atoms with Crippen LogP contribution >= 0.6 is 0 Å². The molecule has 0 bridgehead atoms. The van der Waals surface area contributed by atoms with Gasteiger partial charge in [0.05, 0.1) is 6.61 Å². The fourth-order valence-corrected chi connectivity index (χ4v) is 1.24. The molecule has 0 spiro atoms. The van der Waals surface area contributed by atoms with Crippen molar-refractivity contribution in [3.8, 4) is 0 Å². The van der Waals surface area contributed by atoms with Crippen molar-refractivity contribution in [2.75, 3.05) is 6.61 Å². The van der Waals surface area contributed by atoms with Crippen molar-refractivity contribution in [3.63, 3.8) is 0 Å². The maximum atomic E-state index is 10.6. The highest BCUT2D eigenvalue weighted by atomic mass is 16.5. The Hall–Kier alpha value is -3.17. The van der Waals surface area contributed by atoms with Gasteiger partial charge in [0, 0.05) is 12.2 Å². The second-order valence-electron chi connectivity index (χ2n) is 4.42. The first-order valence-electron chi connectivity index (χ1n) is 6.97. The van der Waals surface area contributed by atoms with Crippen LogP contribution < -0.4 is 0 Å². The summed E-state index contributed by atoms with van der Waals surface area (Å²) in [6.45, 7) is 3.66. The molecule has 0 fully saturated rings. The molecule has 0 aliphatic rings. The normalized spacial score (nSPS) is 10.8. The van der Waals surface area contributed by atoms with Crippen molar-refractivity contribution in [2.45, 2.75) is 26.7 Å². The zero-order chi connectivity index (χ0) is 20.0. The average molecular weight is 360 g/mol. The topological polar surface area (TPSA) is 175 Å². The standard InChI is InChI=1S/C8H12O4.C7H8O6/c1-2-3-6-12-8(11)5-4-7(9)10;1-2-3-7(4(8)9,5(10)11)6(12)13/h4-5H,2-3,6H2,1H3,(H,9,10);2-3H,1H3,(H,8,9)(H,10,11)(H,12,13)/b5-4+;. The summed E-state index contributed by atoms with van der Waals surface area (Å²) >= 11 is 0. The monoisotopic (exact) mass is 360 g/mol. The van der Waals surface area contributed by atoms with Gasteiger partial charge in [-0.15, -0.1) is 0 Å². The number of ether oxygens (including phenoxy) is 1. The number of carboxylic acids is 4. The summed E-state index contributed by atoms with van der Waals surface area (Å²) in [6.07, 6.45) is 5.07. The summed E-state index contributed by atoms with van der Waals surface area (Å²) in [6, 6.07) is 0. The van der Waals surface area contributed by atoms with E-state index in [1.807, 2.05) is 6.92 Å². The van der Waals surface area contributed by atoms with Crippen LogP contribution in [0.5, 0.6) is 0 Å². The Kier molecular flexibility index (Phi) is 11.8. The van der Waals surface area contributed by atoms with Crippen molar-refractivity contribution in [1.82, 2.24) is 0 Å². The molecule has 0 rings (SSSR count). The molecule has 0 heterocycles. The molecule has 140 valence electrons. The second kappa shape index (κ2) is 12.3. The number of carbonyl (C=O) groups is 5. The van der Waals surface area contributed by atoms with Crippen LogP contribution in [0, 0.1) is 5.41 Å². The molecule has 0 aliphatic heterocycles. The summed E-state index contributed by atoms with van der Waals surface area (Å²) in [7, 11) is 0. The number of carboxylic acid groups (broad SMARTS) is 4. The van der Waals surface area contributed by atoms with E-state index in [0.29, 0.717) is 12.7 Å². The Labute approximate surface area is 143 Å². The minimum absolute atomic E-state index is 0.347. The number of allylic oxidation sites excluding steroid dienone is 1. The molecule has 0 aromatic carbocycles. The Morgan fingerprint density at radius 1 is 0.920 bits per heavy atom. The molecular formula is C15H20O10. The van der Waals surface area contributed by atoms with E-state index in [4.69, 9.17) is 20.4 Å². The molecule has 0 aromatic heterocycles. The molecule has 0 aliphatic carbocycles. The summed E-state index contributed by atoms with van der Waals surface area (Å²) in [5.74, 6) is -7.53. The smallest absolute Gasteiger partial charge is 0.336 e. The van der Waals surface area contributed by atoms with Gasteiger partial charge in [-0.05, 0) is 19.4 Å². The Bertz CT molecular complexity index is 523. The number of esters is 1. The van der Waals surface area contributed by atoms with Crippen molar-refractivity contribution in [2.24, 2.45) is 5.41 Å². The van der Waals surface area contributed by atoms with Gasteiger partial charge in [0.15, 0.2) is 0 Å². The fraction of sp³-hybridized carbons (Fsp3) is 0.400. The summed E-state index contributed by atoms with van der Waals surface area (Å²) < 4.78 is 4.64. The Morgan fingerprint density at radius 2 is 1.40 bits per heavy atom.